The minimum Gasteiger partial charge on any atom is -0.384 e. The predicted octanol–water partition coefficient (Wildman–Crippen LogP) is 2.14. The molecule has 0 fully saturated rings. The fourth-order valence-corrected chi connectivity index (χ4v) is 1.96. The quantitative estimate of drug-likeness (QED) is 0.832. The number of aromatic nitrogens is 2. The summed E-state index contributed by atoms with van der Waals surface area (Å²) in [5.74, 6) is 0. The van der Waals surface area contributed by atoms with Crippen LogP contribution in [0.5, 0.6) is 0 Å². The highest BCUT2D eigenvalue weighted by molar-refractivity contribution is 7.08. The van der Waals surface area contributed by atoms with Gasteiger partial charge in [-0.2, -0.15) is 16.4 Å². The van der Waals surface area contributed by atoms with E-state index in [1.807, 2.05) is 17.9 Å². The molecule has 74 valence electrons. The van der Waals surface area contributed by atoms with Crippen LogP contribution in [-0.2, 0) is 13.5 Å². The molecule has 0 bridgehead atoms. The van der Waals surface area contributed by atoms with Crippen LogP contribution in [0.25, 0.3) is 0 Å². The number of thiophene rings is 1. The molecule has 0 saturated carbocycles. The average molecular weight is 207 g/mol. The van der Waals surface area contributed by atoms with Gasteiger partial charge in [0, 0.05) is 43.0 Å². The third-order valence-electron chi connectivity index (χ3n) is 2.15. The summed E-state index contributed by atoms with van der Waals surface area (Å²) < 4.78 is 1.91. The zero-order chi connectivity index (χ0) is 9.80. The molecule has 0 aliphatic heterocycles. The SMILES string of the molecule is Cn1nccc1CCNc1ccsc1. The minimum absolute atomic E-state index is 0.955. The van der Waals surface area contributed by atoms with Crippen molar-refractivity contribution in [3.05, 3.63) is 34.8 Å². The van der Waals surface area contributed by atoms with Gasteiger partial charge in [0.05, 0.1) is 0 Å². The van der Waals surface area contributed by atoms with E-state index in [0.29, 0.717) is 0 Å². The molecule has 2 aromatic rings. The molecule has 2 aromatic heterocycles. The van der Waals surface area contributed by atoms with E-state index in [1.165, 1.54) is 11.4 Å². The molecule has 14 heavy (non-hydrogen) atoms. The summed E-state index contributed by atoms with van der Waals surface area (Å²) in [6.45, 7) is 0.955. The van der Waals surface area contributed by atoms with Crippen LogP contribution in [-0.4, -0.2) is 16.3 Å². The molecule has 2 rings (SSSR count). The van der Waals surface area contributed by atoms with Crippen LogP contribution in [0.3, 0.4) is 0 Å². The molecule has 0 aliphatic carbocycles. The smallest absolute Gasteiger partial charge is 0.0492 e. The van der Waals surface area contributed by atoms with Gasteiger partial charge in [0.2, 0.25) is 0 Å². The van der Waals surface area contributed by atoms with Crippen molar-refractivity contribution in [3.8, 4) is 0 Å². The summed E-state index contributed by atoms with van der Waals surface area (Å²) in [5.41, 5.74) is 2.46. The largest absolute Gasteiger partial charge is 0.384 e. The maximum atomic E-state index is 4.12. The Hall–Kier alpha value is -1.29. The van der Waals surface area contributed by atoms with Crippen molar-refractivity contribution in [2.45, 2.75) is 6.42 Å². The Morgan fingerprint density at radius 1 is 1.50 bits per heavy atom. The lowest BCUT2D eigenvalue weighted by Crippen LogP contribution is -2.07. The van der Waals surface area contributed by atoms with Gasteiger partial charge >= 0.3 is 0 Å². The van der Waals surface area contributed by atoms with Crippen molar-refractivity contribution in [1.82, 2.24) is 9.78 Å². The first-order valence-corrected chi connectivity index (χ1v) is 5.53. The van der Waals surface area contributed by atoms with E-state index in [-0.39, 0.29) is 0 Å². The standard InChI is InChI=1S/C10H13N3S/c1-13-10(3-6-12-13)2-5-11-9-4-7-14-8-9/h3-4,6-8,11H,2,5H2,1H3. The number of rotatable bonds is 4. The summed E-state index contributed by atoms with van der Waals surface area (Å²) in [4.78, 5) is 0. The molecule has 3 nitrogen and oxygen atoms in total. The van der Waals surface area contributed by atoms with Crippen molar-refractivity contribution < 1.29 is 0 Å². The van der Waals surface area contributed by atoms with E-state index >= 15 is 0 Å². The lowest BCUT2D eigenvalue weighted by molar-refractivity contribution is 0.711. The van der Waals surface area contributed by atoms with Gasteiger partial charge in [0.1, 0.15) is 0 Å². The fourth-order valence-electron chi connectivity index (χ4n) is 1.35. The Balaban J connectivity index is 1.81. The first-order valence-electron chi connectivity index (χ1n) is 4.59. The van der Waals surface area contributed by atoms with Crippen LogP contribution < -0.4 is 5.32 Å². The molecule has 0 unspecified atom stereocenters. The molecule has 0 saturated heterocycles. The van der Waals surface area contributed by atoms with Gasteiger partial charge in [-0.05, 0) is 17.5 Å². The maximum Gasteiger partial charge on any atom is 0.0492 e. The summed E-state index contributed by atoms with van der Waals surface area (Å²) in [6.07, 6.45) is 2.84. The molecule has 0 atom stereocenters. The molecule has 0 aromatic carbocycles. The van der Waals surface area contributed by atoms with Gasteiger partial charge in [0.15, 0.2) is 0 Å². The highest BCUT2D eigenvalue weighted by Gasteiger charge is 1.97. The van der Waals surface area contributed by atoms with E-state index in [9.17, 15) is 0 Å². The Kier molecular flexibility index (Phi) is 2.84. The van der Waals surface area contributed by atoms with E-state index < -0.39 is 0 Å². The van der Waals surface area contributed by atoms with Gasteiger partial charge in [-0.15, -0.1) is 0 Å². The summed E-state index contributed by atoms with van der Waals surface area (Å²) >= 11 is 1.71. The van der Waals surface area contributed by atoms with Crippen LogP contribution in [0.2, 0.25) is 0 Å². The second-order valence-corrected chi connectivity index (χ2v) is 3.91. The number of nitrogens with one attached hydrogen (secondary N) is 1. The van der Waals surface area contributed by atoms with Crippen molar-refractivity contribution in [1.29, 1.82) is 0 Å². The first kappa shape index (κ1) is 9.27. The molecular formula is C10H13N3S. The maximum absolute atomic E-state index is 4.12. The highest BCUT2D eigenvalue weighted by Crippen LogP contribution is 2.11. The Bertz CT molecular complexity index is 378. The van der Waals surface area contributed by atoms with Gasteiger partial charge in [-0.1, -0.05) is 0 Å². The van der Waals surface area contributed by atoms with Crippen molar-refractivity contribution in [2.24, 2.45) is 7.05 Å². The van der Waals surface area contributed by atoms with Crippen molar-refractivity contribution in [3.63, 3.8) is 0 Å². The zero-order valence-corrected chi connectivity index (χ0v) is 8.92. The summed E-state index contributed by atoms with van der Waals surface area (Å²) in [5, 5.41) is 11.7. The van der Waals surface area contributed by atoms with Crippen molar-refractivity contribution >= 4 is 17.0 Å². The summed E-state index contributed by atoms with van der Waals surface area (Å²) in [6, 6.07) is 4.14. The second-order valence-electron chi connectivity index (χ2n) is 3.13. The van der Waals surface area contributed by atoms with Gasteiger partial charge in [-0.25, -0.2) is 0 Å². The Labute approximate surface area is 87.4 Å². The minimum atomic E-state index is 0.955. The van der Waals surface area contributed by atoms with E-state index in [1.54, 1.807) is 11.3 Å². The van der Waals surface area contributed by atoms with Crippen LogP contribution in [0.15, 0.2) is 29.1 Å². The predicted molar refractivity (Wildman–Crippen MR) is 59.7 cm³/mol. The molecule has 4 heteroatoms. The average Bonchev–Trinajstić information content (AvgIpc) is 2.78. The summed E-state index contributed by atoms with van der Waals surface area (Å²) in [7, 11) is 1.97. The number of aryl methyl sites for hydroxylation is 1. The monoisotopic (exact) mass is 207 g/mol. The lowest BCUT2D eigenvalue weighted by Gasteiger charge is -2.03. The molecule has 1 N–H and O–H groups in total. The van der Waals surface area contributed by atoms with Gasteiger partial charge < -0.3 is 5.32 Å². The normalized spacial score (nSPS) is 10.4. The fraction of sp³-hybridized carbons (Fsp3) is 0.300. The number of hydrogen-bond acceptors (Lipinski definition) is 3. The third kappa shape index (κ3) is 2.14. The van der Waals surface area contributed by atoms with Gasteiger partial charge in [-0.3, -0.25) is 4.68 Å². The number of hydrogen-bond donors (Lipinski definition) is 1. The Morgan fingerprint density at radius 3 is 3.07 bits per heavy atom. The Morgan fingerprint density at radius 2 is 2.43 bits per heavy atom. The van der Waals surface area contributed by atoms with E-state index in [4.69, 9.17) is 0 Å². The zero-order valence-electron chi connectivity index (χ0n) is 8.10. The molecule has 2 heterocycles. The van der Waals surface area contributed by atoms with Crippen LogP contribution in [0.4, 0.5) is 5.69 Å². The molecule has 0 radical (unpaired) electrons. The highest BCUT2D eigenvalue weighted by atomic mass is 32.1. The van der Waals surface area contributed by atoms with E-state index in [2.05, 4.69) is 33.3 Å². The van der Waals surface area contributed by atoms with Crippen LogP contribution >= 0.6 is 11.3 Å². The second kappa shape index (κ2) is 4.28. The third-order valence-corrected chi connectivity index (χ3v) is 2.84. The number of anilines is 1. The van der Waals surface area contributed by atoms with Crippen LogP contribution in [0.1, 0.15) is 5.69 Å². The lowest BCUT2D eigenvalue weighted by atomic mass is 10.3. The van der Waals surface area contributed by atoms with Crippen molar-refractivity contribution in [2.75, 3.05) is 11.9 Å². The first-order chi connectivity index (χ1) is 6.86. The van der Waals surface area contributed by atoms with Gasteiger partial charge in [0.25, 0.3) is 0 Å². The number of nitrogens with zero attached hydrogens (tertiary/aromatic N) is 2. The van der Waals surface area contributed by atoms with E-state index in [0.717, 1.165) is 13.0 Å². The molecule has 0 spiro atoms. The molecular weight excluding hydrogens is 194 g/mol. The van der Waals surface area contributed by atoms with Crippen LogP contribution in [0, 0.1) is 0 Å². The molecule has 0 amide bonds. The molecule has 0 aliphatic rings. The topological polar surface area (TPSA) is 29.9 Å².